The van der Waals surface area contributed by atoms with Crippen molar-refractivity contribution < 1.29 is 14.3 Å². The average Bonchev–Trinajstić information content (AvgIpc) is 2.70. The van der Waals surface area contributed by atoms with Crippen molar-refractivity contribution >= 4 is 34.9 Å². The van der Waals surface area contributed by atoms with Crippen molar-refractivity contribution in [1.29, 1.82) is 0 Å². The van der Waals surface area contributed by atoms with E-state index in [9.17, 15) is 4.79 Å². The first kappa shape index (κ1) is 19.7. The van der Waals surface area contributed by atoms with E-state index in [4.69, 9.17) is 27.9 Å². The van der Waals surface area contributed by atoms with Gasteiger partial charge in [0.2, 0.25) is 0 Å². The van der Waals surface area contributed by atoms with Crippen molar-refractivity contribution in [3.63, 3.8) is 0 Å². The lowest BCUT2D eigenvalue weighted by Gasteiger charge is -2.33. The molecule has 0 unspecified atom stereocenters. The highest BCUT2D eigenvalue weighted by molar-refractivity contribution is 6.33. The summed E-state index contributed by atoms with van der Waals surface area (Å²) in [5.41, 5.74) is 1.36. The molecule has 0 atom stereocenters. The zero-order valence-electron chi connectivity index (χ0n) is 15.0. The molecule has 1 aliphatic rings. The molecule has 2 heterocycles. The summed E-state index contributed by atoms with van der Waals surface area (Å²) in [6.07, 6.45) is 3.09. The molecule has 1 aliphatic heterocycles. The largest absolute Gasteiger partial charge is 0.494 e. The summed E-state index contributed by atoms with van der Waals surface area (Å²) in [7, 11) is 1.37. The van der Waals surface area contributed by atoms with Crippen molar-refractivity contribution in [2.24, 2.45) is 5.92 Å². The molecule has 0 N–H and O–H groups in total. The van der Waals surface area contributed by atoms with Gasteiger partial charge >= 0.3 is 5.97 Å². The molecule has 27 heavy (non-hydrogen) atoms. The minimum Gasteiger partial charge on any atom is -0.494 e. The van der Waals surface area contributed by atoms with E-state index in [-0.39, 0.29) is 5.97 Å². The monoisotopic (exact) mass is 409 g/mol. The number of methoxy groups -OCH3 is 1. The van der Waals surface area contributed by atoms with E-state index < -0.39 is 0 Å². The smallest absolute Gasteiger partial charge is 0.337 e. The van der Waals surface area contributed by atoms with Crippen LogP contribution < -0.4 is 9.64 Å². The molecular formula is C19H21Cl2N3O3. The molecule has 0 aliphatic carbocycles. The third-order valence-corrected chi connectivity index (χ3v) is 5.18. The summed E-state index contributed by atoms with van der Waals surface area (Å²) in [5.74, 6) is 1.00. The first-order valence-electron chi connectivity index (χ1n) is 8.81. The molecule has 3 rings (SSSR count). The highest BCUT2D eigenvalue weighted by atomic mass is 35.5. The predicted octanol–water partition coefficient (Wildman–Crippen LogP) is 4.26. The van der Waals surface area contributed by atoms with Gasteiger partial charge in [0.1, 0.15) is 5.75 Å². The Labute approximate surface area is 168 Å². The number of carbonyl (C=O) groups is 1. The second kappa shape index (κ2) is 9.24. The maximum atomic E-state index is 11.4. The zero-order chi connectivity index (χ0) is 19.2. The van der Waals surface area contributed by atoms with Gasteiger partial charge in [0.05, 0.1) is 25.0 Å². The van der Waals surface area contributed by atoms with Crippen LogP contribution in [0.4, 0.5) is 5.69 Å². The third-order valence-electron chi connectivity index (χ3n) is 4.73. The molecule has 0 saturated carbocycles. The summed E-state index contributed by atoms with van der Waals surface area (Å²) < 4.78 is 10.5. The Balaban J connectivity index is 1.43. The Bertz CT molecular complexity index is 778. The van der Waals surface area contributed by atoms with Crippen LogP contribution in [0.15, 0.2) is 30.3 Å². The molecule has 0 amide bonds. The van der Waals surface area contributed by atoms with Gasteiger partial charge < -0.3 is 14.4 Å². The van der Waals surface area contributed by atoms with Crippen LogP contribution in [0.3, 0.4) is 0 Å². The number of carbonyl (C=O) groups excluding carboxylic acids is 1. The number of esters is 1. The Morgan fingerprint density at radius 2 is 1.89 bits per heavy atom. The fraction of sp³-hybridized carbons (Fsp3) is 0.421. The number of aromatic nitrogens is 2. The molecule has 2 aromatic rings. The normalized spacial score (nSPS) is 14.9. The topological polar surface area (TPSA) is 64.6 Å². The number of anilines is 1. The minimum absolute atomic E-state index is 0.348. The van der Waals surface area contributed by atoms with Crippen LogP contribution in [0, 0.1) is 5.92 Å². The SMILES string of the molecule is COC(=O)c1ccc(OCCC2CCN(c3cc(Cl)nnc3Cl)CC2)cc1. The van der Waals surface area contributed by atoms with Crippen molar-refractivity contribution in [1.82, 2.24) is 10.2 Å². The quantitative estimate of drug-likeness (QED) is 0.664. The number of hydrogen-bond acceptors (Lipinski definition) is 6. The molecule has 8 heteroatoms. The van der Waals surface area contributed by atoms with E-state index in [2.05, 4.69) is 19.8 Å². The van der Waals surface area contributed by atoms with Crippen molar-refractivity contribution in [3.05, 3.63) is 46.2 Å². The van der Waals surface area contributed by atoms with Gasteiger partial charge in [-0.05, 0) is 49.4 Å². The number of halogens is 2. The summed E-state index contributed by atoms with van der Waals surface area (Å²) in [6, 6.07) is 8.75. The van der Waals surface area contributed by atoms with E-state index in [1.165, 1.54) is 7.11 Å². The number of piperidine rings is 1. The van der Waals surface area contributed by atoms with Crippen LogP contribution >= 0.6 is 23.2 Å². The van der Waals surface area contributed by atoms with Crippen LogP contribution in [0.1, 0.15) is 29.6 Å². The second-order valence-electron chi connectivity index (χ2n) is 6.43. The van der Waals surface area contributed by atoms with Crippen molar-refractivity contribution in [2.45, 2.75) is 19.3 Å². The van der Waals surface area contributed by atoms with Gasteiger partial charge in [-0.3, -0.25) is 0 Å². The first-order valence-corrected chi connectivity index (χ1v) is 9.57. The zero-order valence-corrected chi connectivity index (χ0v) is 16.5. The highest BCUT2D eigenvalue weighted by Gasteiger charge is 2.22. The lowest BCUT2D eigenvalue weighted by molar-refractivity contribution is 0.0600. The number of benzene rings is 1. The van der Waals surface area contributed by atoms with Crippen molar-refractivity contribution in [2.75, 3.05) is 31.7 Å². The molecule has 144 valence electrons. The third kappa shape index (κ3) is 5.23. The van der Waals surface area contributed by atoms with Gasteiger partial charge in [-0.25, -0.2) is 4.79 Å². The van der Waals surface area contributed by atoms with Gasteiger partial charge in [0.25, 0.3) is 0 Å². The van der Waals surface area contributed by atoms with E-state index in [0.717, 1.165) is 43.8 Å². The van der Waals surface area contributed by atoms with E-state index in [1.807, 2.05) is 0 Å². The number of ether oxygens (including phenoxy) is 2. The molecule has 0 radical (unpaired) electrons. The Morgan fingerprint density at radius 3 is 2.56 bits per heavy atom. The van der Waals surface area contributed by atoms with Gasteiger partial charge in [-0.15, -0.1) is 10.2 Å². The Kier molecular flexibility index (Phi) is 6.74. The average molecular weight is 410 g/mol. The maximum absolute atomic E-state index is 11.4. The number of nitrogens with zero attached hydrogens (tertiary/aromatic N) is 3. The molecular weight excluding hydrogens is 389 g/mol. The van der Waals surface area contributed by atoms with Crippen LogP contribution in [0.5, 0.6) is 5.75 Å². The summed E-state index contributed by atoms with van der Waals surface area (Å²) in [6.45, 7) is 2.45. The lowest BCUT2D eigenvalue weighted by atomic mass is 9.94. The van der Waals surface area contributed by atoms with Crippen LogP contribution in [-0.2, 0) is 4.74 Å². The minimum atomic E-state index is -0.348. The lowest BCUT2D eigenvalue weighted by Crippen LogP contribution is -2.34. The van der Waals surface area contributed by atoms with Crippen LogP contribution in [-0.4, -0.2) is 43.0 Å². The maximum Gasteiger partial charge on any atom is 0.337 e. The molecule has 0 spiro atoms. The van der Waals surface area contributed by atoms with E-state index >= 15 is 0 Å². The van der Waals surface area contributed by atoms with E-state index in [0.29, 0.717) is 28.4 Å². The van der Waals surface area contributed by atoms with Gasteiger partial charge in [0, 0.05) is 19.2 Å². The van der Waals surface area contributed by atoms with Gasteiger partial charge in [-0.2, -0.15) is 0 Å². The number of hydrogen-bond donors (Lipinski definition) is 0. The number of rotatable bonds is 6. The Morgan fingerprint density at radius 1 is 1.19 bits per heavy atom. The molecule has 1 fully saturated rings. The molecule has 1 saturated heterocycles. The summed E-state index contributed by atoms with van der Waals surface area (Å²) in [4.78, 5) is 13.6. The molecule has 1 aromatic heterocycles. The van der Waals surface area contributed by atoms with E-state index in [1.54, 1.807) is 30.3 Å². The molecule has 1 aromatic carbocycles. The van der Waals surface area contributed by atoms with Crippen molar-refractivity contribution in [3.8, 4) is 5.75 Å². The fourth-order valence-corrected chi connectivity index (χ4v) is 3.53. The molecule has 0 bridgehead atoms. The highest BCUT2D eigenvalue weighted by Crippen LogP contribution is 2.30. The second-order valence-corrected chi connectivity index (χ2v) is 7.17. The van der Waals surface area contributed by atoms with Gasteiger partial charge in [-0.1, -0.05) is 23.2 Å². The summed E-state index contributed by atoms with van der Waals surface area (Å²) >= 11 is 12.1. The standard InChI is InChI=1S/C19H21Cl2N3O3/c1-26-19(25)14-2-4-15(5-3-14)27-11-8-13-6-9-24(10-7-13)16-12-17(20)22-23-18(16)21/h2-5,12-13H,6-11H2,1H3. The van der Waals surface area contributed by atoms with Crippen LogP contribution in [0.25, 0.3) is 0 Å². The predicted molar refractivity (Wildman–Crippen MR) is 105 cm³/mol. The van der Waals surface area contributed by atoms with Crippen LogP contribution in [0.2, 0.25) is 10.3 Å². The Hall–Kier alpha value is -2.05. The fourth-order valence-electron chi connectivity index (χ4n) is 3.18. The van der Waals surface area contributed by atoms with Gasteiger partial charge in [0.15, 0.2) is 10.3 Å². The molecule has 6 nitrogen and oxygen atoms in total. The summed E-state index contributed by atoms with van der Waals surface area (Å²) in [5, 5.41) is 8.36. The first-order chi connectivity index (χ1) is 13.1.